The fourth-order valence-electron chi connectivity index (χ4n) is 2.73. The molecule has 0 amide bonds. The van der Waals surface area contributed by atoms with Crippen molar-refractivity contribution >= 4 is 5.97 Å². The molecule has 2 unspecified atom stereocenters. The van der Waals surface area contributed by atoms with Crippen LogP contribution < -0.4 is 5.32 Å². The molecule has 1 heterocycles. The fraction of sp³-hybridized carbons (Fsp3) is 0.923. The summed E-state index contributed by atoms with van der Waals surface area (Å²) in [5.74, 6) is 1.11. The molecule has 2 aliphatic rings. The van der Waals surface area contributed by atoms with E-state index in [-0.39, 0.29) is 12.0 Å². The number of nitrogens with zero attached hydrogens (tertiary/aromatic N) is 1. The minimum atomic E-state index is -0.0864. The largest absolute Gasteiger partial charge is 0.468 e. The van der Waals surface area contributed by atoms with E-state index >= 15 is 0 Å². The van der Waals surface area contributed by atoms with Crippen LogP contribution in [0.4, 0.5) is 0 Å². The lowest BCUT2D eigenvalue weighted by Crippen LogP contribution is -2.45. The van der Waals surface area contributed by atoms with Gasteiger partial charge in [0.1, 0.15) is 6.04 Å². The molecule has 1 aliphatic heterocycles. The number of carbonyl (C=O) groups is 1. The molecule has 2 rings (SSSR count). The number of hydrogen-bond acceptors (Lipinski definition) is 4. The van der Waals surface area contributed by atoms with Crippen molar-refractivity contribution in [2.75, 3.05) is 33.8 Å². The van der Waals surface area contributed by atoms with Crippen molar-refractivity contribution in [1.82, 2.24) is 10.2 Å². The Balaban J connectivity index is 1.76. The standard InChI is InChI=1S/C13H24N2O2/c1-15-7-3-4-10(9-15)8-14-12(11-5-6-11)13(16)17-2/h10-12,14H,3-9H2,1-2H3. The third-order valence-electron chi connectivity index (χ3n) is 3.90. The Morgan fingerprint density at radius 1 is 1.47 bits per heavy atom. The first-order valence-corrected chi connectivity index (χ1v) is 6.70. The van der Waals surface area contributed by atoms with Crippen molar-refractivity contribution in [1.29, 1.82) is 0 Å². The minimum absolute atomic E-state index is 0.0627. The van der Waals surface area contributed by atoms with Crippen molar-refractivity contribution in [3.05, 3.63) is 0 Å². The lowest BCUT2D eigenvalue weighted by atomic mass is 9.98. The van der Waals surface area contributed by atoms with Crippen molar-refractivity contribution in [2.24, 2.45) is 11.8 Å². The third kappa shape index (κ3) is 3.68. The second-order valence-electron chi connectivity index (χ2n) is 5.52. The van der Waals surface area contributed by atoms with E-state index in [1.807, 2.05) is 0 Å². The molecule has 2 atom stereocenters. The van der Waals surface area contributed by atoms with E-state index in [2.05, 4.69) is 17.3 Å². The smallest absolute Gasteiger partial charge is 0.323 e. The van der Waals surface area contributed by atoms with Crippen LogP contribution in [0.2, 0.25) is 0 Å². The Morgan fingerprint density at radius 2 is 2.24 bits per heavy atom. The first-order chi connectivity index (χ1) is 8.20. The summed E-state index contributed by atoms with van der Waals surface area (Å²) in [6, 6.07) is -0.0627. The summed E-state index contributed by atoms with van der Waals surface area (Å²) in [5.41, 5.74) is 0. The van der Waals surface area contributed by atoms with Crippen LogP contribution in [-0.2, 0) is 9.53 Å². The van der Waals surface area contributed by atoms with Crippen LogP contribution in [0.25, 0.3) is 0 Å². The normalized spacial score (nSPS) is 27.8. The lowest BCUT2D eigenvalue weighted by Gasteiger charge is -2.30. The summed E-state index contributed by atoms with van der Waals surface area (Å²) in [7, 11) is 3.65. The summed E-state index contributed by atoms with van der Waals surface area (Å²) < 4.78 is 4.86. The van der Waals surface area contributed by atoms with Crippen molar-refractivity contribution in [3.63, 3.8) is 0 Å². The molecule has 0 aromatic rings. The fourth-order valence-corrected chi connectivity index (χ4v) is 2.73. The molecule has 0 aromatic heterocycles. The van der Waals surface area contributed by atoms with Crippen molar-refractivity contribution in [2.45, 2.75) is 31.7 Å². The van der Waals surface area contributed by atoms with Crippen molar-refractivity contribution in [3.8, 4) is 0 Å². The van der Waals surface area contributed by atoms with Gasteiger partial charge in [0.15, 0.2) is 0 Å². The maximum Gasteiger partial charge on any atom is 0.323 e. The van der Waals surface area contributed by atoms with Gasteiger partial charge in [-0.2, -0.15) is 0 Å². The van der Waals surface area contributed by atoms with Gasteiger partial charge in [-0.1, -0.05) is 0 Å². The molecule has 4 heteroatoms. The van der Waals surface area contributed by atoms with E-state index in [9.17, 15) is 4.79 Å². The number of esters is 1. The Morgan fingerprint density at radius 3 is 2.82 bits per heavy atom. The maximum absolute atomic E-state index is 11.6. The van der Waals surface area contributed by atoms with E-state index in [1.165, 1.54) is 26.5 Å². The molecular formula is C13H24N2O2. The number of nitrogens with one attached hydrogen (secondary N) is 1. The zero-order chi connectivity index (χ0) is 12.3. The Kier molecular flexibility index (Phi) is 4.40. The van der Waals surface area contributed by atoms with Gasteiger partial charge in [-0.3, -0.25) is 4.79 Å². The molecule has 1 saturated carbocycles. The highest BCUT2D eigenvalue weighted by Gasteiger charge is 2.37. The molecule has 1 saturated heterocycles. The topological polar surface area (TPSA) is 41.6 Å². The van der Waals surface area contributed by atoms with Gasteiger partial charge >= 0.3 is 5.97 Å². The van der Waals surface area contributed by atoms with Gasteiger partial charge < -0.3 is 15.0 Å². The Bertz CT molecular complexity index is 266. The van der Waals surface area contributed by atoms with Crippen LogP contribution in [0.3, 0.4) is 0 Å². The minimum Gasteiger partial charge on any atom is -0.468 e. The van der Waals surface area contributed by atoms with Gasteiger partial charge in [-0.05, 0) is 57.7 Å². The summed E-state index contributed by atoms with van der Waals surface area (Å²) in [6.07, 6.45) is 4.87. The first kappa shape index (κ1) is 12.8. The predicted molar refractivity (Wildman–Crippen MR) is 66.8 cm³/mol. The van der Waals surface area contributed by atoms with Gasteiger partial charge in [-0.25, -0.2) is 0 Å². The summed E-state index contributed by atoms with van der Waals surface area (Å²) in [6.45, 7) is 3.30. The highest BCUT2D eigenvalue weighted by molar-refractivity contribution is 5.76. The molecule has 0 bridgehead atoms. The molecule has 98 valence electrons. The number of piperidine rings is 1. The van der Waals surface area contributed by atoms with E-state index in [0.717, 1.165) is 25.9 Å². The summed E-state index contributed by atoms with van der Waals surface area (Å²) >= 11 is 0. The van der Waals surface area contributed by atoms with Gasteiger partial charge in [0.05, 0.1) is 7.11 Å². The SMILES string of the molecule is COC(=O)C(NCC1CCCN(C)C1)C1CC1. The van der Waals surface area contributed by atoms with Crippen LogP contribution >= 0.6 is 0 Å². The second kappa shape index (κ2) is 5.83. The highest BCUT2D eigenvalue weighted by Crippen LogP contribution is 2.33. The first-order valence-electron chi connectivity index (χ1n) is 6.70. The second-order valence-corrected chi connectivity index (χ2v) is 5.52. The van der Waals surface area contributed by atoms with E-state index < -0.39 is 0 Å². The quantitative estimate of drug-likeness (QED) is 0.724. The highest BCUT2D eigenvalue weighted by atomic mass is 16.5. The van der Waals surface area contributed by atoms with Crippen LogP contribution in [-0.4, -0.2) is 50.7 Å². The average Bonchev–Trinajstić information content (AvgIpc) is 3.13. The molecule has 0 spiro atoms. The number of methoxy groups -OCH3 is 1. The number of ether oxygens (including phenoxy) is 1. The molecule has 4 nitrogen and oxygen atoms in total. The molecular weight excluding hydrogens is 216 g/mol. The van der Waals surface area contributed by atoms with E-state index in [0.29, 0.717) is 11.8 Å². The number of rotatable bonds is 5. The number of hydrogen-bond donors (Lipinski definition) is 1. The molecule has 17 heavy (non-hydrogen) atoms. The molecule has 2 fully saturated rings. The van der Waals surface area contributed by atoms with Gasteiger partial charge in [-0.15, -0.1) is 0 Å². The summed E-state index contributed by atoms with van der Waals surface area (Å²) in [4.78, 5) is 14.0. The Hall–Kier alpha value is -0.610. The van der Waals surface area contributed by atoms with E-state index in [1.54, 1.807) is 0 Å². The monoisotopic (exact) mass is 240 g/mol. The van der Waals surface area contributed by atoms with E-state index in [4.69, 9.17) is 4.74 Å². The maximum atomic E-state index is 11.6. The zero-order valence-electron chi connectivity index (χ0n) is 10.9. The predicted octanol–water partition coefficient (Wildman–Crippen LogP) is 0.869. The Labute approximate surface area is 104 Å². The van der Waals surface area contributed by atoms with Gasteiger partial charge in [0.25, 0.3) is 0 Å². The van der Waals surface area contributed by atoms with Crippen LogP contribution in [0.1, 0.15) is 25.7 Å². The molecule has 1 aliphatic carbocycles. The number of carbonyl (C=O) groups excluding carboxylic acids is 1. The lowest BCUT2D eigenvalue weighted by molar-refractivity contribution is -0.143. The van der Waals surface area contributed by atoms with Crippen LogP contribution in [0, 0.1) is 11.8 Å². The van der Waals surface area contributed by atoms with Crippen LogP contribution in [0.5, 0.6) is 0 Å². The van der Waals surface area contributed by atoms with Crippen LogP contribution in [0.15, 0.2) is 0 Å². The molecule has 1 N–H and O–H groups in total. The summed E-state index contributed by atoms with van der Waals surface area (Å²) in [5, 5.41) is 3.42. The molecule has 0 radical (unpaired) electrons. The average molecular weight is 240 g/mol. The van der Waals surface area contributed by atoms with Gasteiger partial charge in [0.2, 0.25) is 0 Å². The number of likely N-dealkylation sites (tertiary alicyclic amines) is 1. The third-order valence-corrected chi connectivity index (χ3v) is 3.90. The zero-order valence-corrected chi connectivity index (χ0v) is 10.9. The van der Waals surface area contributed by atoms with Gasteiger partial charge in [0, 0.05) is 6.54 Å². The van der Waals surface area contributed by atoms with Crippen molar-refractivity contribution < 1.29 is 9.53 Å². The molecule has 0 aromatic carbocycles.